The minimum absolute atomic E-state index is 0.542. The third-order valence-electron chi connectivity index (χ3n) is 4.90. The molecule has 1 aromatic rings. The number of rotatable bonds is 6. The van der Waals surface area contributed by atoms with E-state index in [1.165, 1.54) is 43.5 Å². The summed E-state index contributed by atoms with van der Waals surface area (Å²) in [5, 5.41) is 8.43. The van der Waals surface area contributed by atoms with E-state index < -0.39 is 0 Å². The van der Waals surface area contributed by atoms with Crippen LogP contribution in [0.4, 0.5) is 0 Å². The maximum Gasteiger partial charge on any atom is 0.0677 e. The van der Waals surface area contributed by atoms with Crippen molar-refractivity contribution in [2.45, 2.75) is 77.8 Å². The summed E-state index contributed by atoms with van der Waals surface area (Å²) in [4.78, 5) is 0. The van der Waals surface area contributed by atoms with Gasteiger partial charge in [-0.2, -0.15) is 5.10 Å². The van der Waals surface area contributed by atoms with E-state index in [9.17, 15) is 0 Å². The lowest BCUT2D eigenvalue weighted by Gasteiger charge is -2.37. The number of aromatic nitrogens is 2. The molecule has 0 radical (unpaired) electrons. The predicted molar refractivity (Wildman–Crippen MR) is 85.1 cm³/mol. The zero-order valence-electron chi connectivity index (χ0n) is 13.7. The van der Waals surface area contributed by atoms with Gasteiger partial charge in [-0.15, -0.1) is 0 Å². The first kappa shape index (κ1) is 15.6. The molecule has 3 atom stereocenters. The van der Waals surface area contributed by atoms with Gasteiger partial charge < -0.3 is 5.32 Å². The first-order chi connectivity index (χ1) is 9.73. The average Bonchev–Trinajstić information content (AvgIpc) is 2.90. The zero-order valence-corrected chi connectivity index (χ0v) is 13.7. The summed E-state index contributed by atoms with van der Waals surface area (Å²) in [5.41, 5.74) is 2.65. The summed E-state index contributed by atoms with van der Waals surface area (Å²) in [6.07, 6.45) is 8.75. The number of aryl methyl sites for hydroxylation is 2. The van der Waals surface area contributed by atoms with Crippen LogP contribution in [0.2, 0.25) is 0 Å². The number of hydrogen-bond donors (Lipinski definition) is 1. The van der Waals surface area contributed by atoms with Gasteiger partial charge in [0.1, 0.15) is 0 Å². The van der Waals surface area contributed by atoms with Crippen LogP contribution in [0.3, 0.4) is 0 Å². The molecule has 114 valence electrons. The molecule has 1 aliphatic carbocycles. The van der Waals surface area contributed by atoms with Gasteiger partial charge in [0.05, 0.1) is 11.7 Å². The highest BCUT2D eigenvalue weighted by molar-refractivity contribution is 5.12. The van der Waals surface area contributed by atoms with Crippen LogP contribution in [-0.4, -0.2) is 22.9 Å². The Morgan fingerprint density at radius 1 is 1.25 bits per heavy atom. The van der Waals surface area contributed by atoms with E-state index >= 15 is 0 Å². The molecule has 1 heterocycles. The number of nitrogens with one attached hydrogen (secondary N) is 1. The summed E-state index contributed by atoms with van der Waals surface area (Å²) in [5.74, 6) is 0.883. The van der Waals surface area contributed by atoms with Gasteiger partial charge in [-0.1, -0.05) is 33.6 Å². The van der Waals surface area contributed by atoms with Gasteiger partial charge in [0.15, 0.2) is 0 Å². The van der Waals surface area contributed by atoms with Crippen molar-refractivity contribution in [1.29, 1.82) is 0 Å². The normalized spacial score (nSPS) is 26.9. The summed E-state index contributed by atoms with van der Waals surface area (Å²) < 4.78 is 2.35. The van der Waals surface area contributed by atoms with Crippen molar-refractivity contribution in [2.75, 3.05) is 7.05 Å². The Bertz CT molecular complexity index is 410. The summed E-state index contributed by atoms with van der Waals surface area (Å²) >= 11 is 0. The van der Waals surface area contributed by atoms with Gasteiger partial charge in [-0.3, -0.25) is 4.68 Å². The molecule has 0 aliphatic heterocycles. The number of hydrogen-bond acceptors (Lipinski definition) is 2. The molecule has 1 aliphatic rings. The van der Waals surface area contributed by atoms with Gasteiger partial charge in [-0.05, 0) is 51.1 Å². The molecule has 3 unspecified atom stereocenters. The lowest BCUT2D eigenvalue weighted by Crippen LogP contribution is -2.41. The maximum absolute atomic E-state index is 4.89. The quantitative estimate of drug-likeness (QED) is 0.858. The van der Waals surface area contributed by atoms with Crippen LogP contribution in [0.25, 0.3) is 0 Å². The molecular formula is C17H31N3. The Morgan fingerprint density at radius 2 is 2.05 bits per heavy atom. The first-order valence-corrected chi connectivity index (χ1v) is 8.47. The fourth-order valence-corrected chi connectivity index (χ4v) is 3.72. The Morgan fingerprint density at radius 3 is 2.65 bits per heavy atom. The zero-order chi connectivity index (χ0) is 14.5. The van der Waals surface area contributed by atoms with Crippen LogP contribution in [0.5, 0.6) is 0 Å². The van der Waals surface area contributed by atoms with E-state index in [0.717, 1.165) is 18.8 Å². The van der Waals surface area contributed by atoms with E-state index in [-0.39, 0.29) is 0 Å². The van der Waals surface area contributed by atoms with E-state index in [2.05, 4.69) is 43.9 Å². The average molecular weight is 277 g/mol. The second-order valence-electron chi connectivity index (χ2n) is 6.21. The molecule has 0 spiro atoms. The standard InChI is InChI=1S/C17H31N3/c1-5-8-13-9-10-16(18-4)17(11-13)20-15(7-3)12-14(6-2)19-20/h12-13,16-18H,5-11H2,1-4H3. The molecule has 0 amide bonds. The maximum atomic E-state index is 4.89. The van der Waals surface area contributed by atoms with Crippen LogP contribution in [-0.2, 0) is 12.8 Å². The van der Waals surface area contributed by atoms with Gasteiger partial charge >= 0.3 is 0 Å². The third kappa shape index (κ3) is 3.25. The van der Waals surface area contributed by atoms with Crippen LogP contribution >= 0.6 is 0 Å². The SMILES string of the molecule is CCCC1CCC(NC)C(n2nc(CC)cc2CC)C1. The van der Waals surface area contributed by atoms with Crippen molar-refractivity contribution in [2.24, 2.45) is 5.92 Å². The topological polar surface area (TPSA) is 29.9 Å². The Balaban J connectivity index is 2.23. The van der Waals surface area contributed by atoms with E-state index in [1.807, 2.05) is 0 Å². The van der Waals surface area contributed by atoms with Crippen molar-refractivity contribution in [3.05, 3.63) is 17.5 Å². The van der Waals surface area contributed by atoms with Crippen LogP contribution in [0, 0.1) is 5.92 Å². The highest BCUT2D eigenvalue weighted by Gasteiger charge is 2.32. The molecule has 0 aromatic carbocycles. The molecule has 1 aromatic heterocycles. The predicted octanol–water partition coefficient (Wildman–Crippen LogP) is 3.74. The van der Waals surface area contributed by atoms with E-state index in [0.29, 0.717) is 12.1 Å². The lowest BCUT2D eigenvalue weighted by atomic mass is 9.80. The van der Waals surface area contributed by atoms with Gasteiger partial charge in [0.2, 0.25) is 0 Å². The minimum atomic E-state index is 0.542. The molecule has 3 nitrogen and oxygen atoms in total. The third-order valence-corrected chi connectivity index (χ3v) is 4.90. The molecule has 2 rings (SSSR count). The molecule has 1 saturated carbocycles. The molecule has 0 saturated heterocycles. The molecule has 1 fully saturated rings. The molecule has 1 N–H and O–H groups in total. The van der Waals surface area contributed by atoms with Gasteiger partial charge in [0, 0.05) is 11.7 Å². The van der Waals surface area contributed by atoms with Crippen molar-refractivity contribution >= 4 is 0 Å². The summed E-state index contributed by atoms with van der Waals surface area (Å²) in [7, 11) is 2.10. The summed E-state index contributed by atoms with van der Waals surface area (Å²) in [6, 6.07) is 3.43. The summed E-state index contributed by atoms with van der Waals surface area (Å²) in [6.45, 7) is 6.75. The Labute approximate surface area is 124 Å². The molecule has 20 heavy (non-hydrogen) atoms. The van der Waals surface area contributed by atoms with Crippen molar-refractivity contribution in [3.8, 4) is 0 Å². The highest BCUT2D eigenvalue weighted by Crippen LogP contribution is 2.35. The van der Waals surface area contributed by atoms with Crippen LogP contribution < -0.4 is 5.32 Å². The van der Waals surface area contributed by atoms with E-state index in [1.54, 1.807) is 0 Å². The van der Waals surface area contributed by atoms with Crippen LogP contribution in [0.15, 0.2) is 6.07 Å². The van der Waals surface area contributed by atoms with E-state index in [4.69, 9.17) is 5.10 Å². The monoisotopic (exact) mass is 277 g/mol. The molecular weight excluding hydrogens is 246 g/mol. The fourth-order valence-electron chi connectivity index (χ4n) is 3.72. The molecule has 3 heteroatoms. The number of nitrogens with zero attached hydrogens (tertiary/aromatic N) is 2. The van der Waals surface area contributed by atoms with Gasteiger partial charge in [0.25, 0.3) is 0 Å². The van der Waals surface area contributed by atoms with Crippen LogP contribution in [0.1, 0.15) is 70.3 Å². The minimum Gasteiger partial charge on any atom is -0.315 e. The lowest BCUT2D eigenvalue weighted by molar-refractivity contribution is 0.189. The second-order valence-corrected chi connectivity index (χ2v) is 6.21. The highest BCUT2D eigenvalue weighted by atomic mass is 15.3. The number of likely N-dealkylation sites (N-methyl/N-ethyl adjacent to an activating group) is 1. The molecule has 0 bridgehead atoms. The van der Waals surface area contributed by atoms with Crippen molar-refractivity contribution in [3.63, 3.8) is 0 Å². The Kier molecular flexibility index (Phi) is 5.64. The second kappa shape index (κ2) is 7.26. The first-order valence-electron chi connectivity index (χ1n) is 8.47. The van der Waals surface area contributed by atoms with Crippen molar-refractivity contribution < 1.29 is 0 Å². The van der Waals surface area contributed by atoms with Crippen molar-refractivity contribution in [1.82, 2.24) is 15.1 Å². The van der Waals surface area contributed by atoms with Gasteiger partial charge in [-0.25, -0.2) is 0 Å². The largest absolute Gasteiger partial charge is 0.315 e. The smallest absolute Gasteiger partial charge is 0.0677 e. The Hall–Kier alpha value is -0.830. The fraction of sp³-hybridized carbons (Fsp3) is 0.824.